The molecule has 0 nitrogen and oxygen atoms in total. The maximum absolute atomic E-state index is 3.34. The van der Waals surface area contributed by atoms with Crippen LogP contribution in [0.15, 0.2) is 108 Å². The molecule has 4 atom stereocenters. The van der Waals surface area contributed by atoms with Crippen LogP contribution in [0.1, 0.15) is 96.8 Å². The molecule has 3 heteroatoms. The van der Waals surface area contributed by atoms with Crippen LogP contribution in [-0.2, 0) is 20.0 Å². The van der Waals surface area contributed by atoms with E-state index < -0.39 is 20.0 Å². The first kappa shape index (κ1) is 34.7. The largest absolute Gasteiger partial charge is 0.147 e. The number of rotatable bonds is 4. The fourth-order valence-electron chi connectivity index (χ4n) is 10.2. The minimum Gasteiger partial charge on any atom is -0.147 e. The monoisotopic (exact) mass is 828 g/mol. The van der Waals surface area contributed by atoms with Crippen molar-refractivity contribution in [2.24, 2.45) is 10.8 Å². The molecule has 0 amide bonds. The Bertz CT molecular complexity index is 1700. The molecule has 0 N–H and O–H groups in total. The van der Waals surface area contributed by atoms with E-state index in [1.165, 1.54) is 59.1 Å². The summed E-state index contributed by atoms with van der Waals surface area (Å²) in [5.41, 5.74) is 15.7. The fourth-order valence-corrected chi connectivity index (χ4v) is 46.9. The van der Waals surface area contributed by atoms with Crippen LogP contribution in [0.4, 0.5) is 0 Å². The van der Waals surface area contributed by atoms with Gasteiger partial charge in [-0.05, 0) is 0 Å². The molecule has 2 fully saturated rings. The molecular weight excluding hydrogens is 778 g/mol. The molecule has 1 aliphatic heterocycles. The summed E-state index contributed by atoms with van der Waals surface area (Å²) in [6.45, 7) is 15.0. The first-order valence-electron chi connectivity index (χ1n) is 17.4. The van der Waals surface area contributed by atoms with Gasteiger partial charge in [-0.1, -0.05) is 0 Å². The van der Waals surface area contributed by atoms with Crippen molar-refractivity contribution in [2.45, 2.75) is 81.9 Å². The van der Waals surface area contributed by atoms with Gasteiger partial charge in [-0.25, -0.2) is 0 Å². The van der Waals surface area contributed by atoms with E-state index in [0.717, 1.165) is 7.35 Å². The predicted octanol–water partition coefficient (Wildman–Crippen LogP) is 13.9. The fraction of sp³-hybridized carbons (Fsp3) is 0.364. The van der Waals surface area contributed by atoms with Crippen LogP contribution in [0.25, 0.3) is 34.4 Å². The third kappa shape index (κ3) is 5.43. The molecular formula is C44H50Cl2Hf. The molecule has 244 valence electrons. The third-order valence-electron chi connectivity index (χ3n) is 12.0. The summed E-state index contributed by atoms with van der Waals surface area (Å²) in [5.74, 6) is 0. The Balaban J connectivity index is 0.00000193. The van der Waals surface area contributed by atoms with Gasteiger partial charge in [-0.2, -0.15) is 0 Å². The Morgan fingerprint density at radius 2 is 0.872 bits per heavy atom. The topological polar surface area (TPSA) is 0 Å². The third-order valence-corrected chi connectivity index (χ3v) is 36.4. The molecule has 3 aliphatic carbocycles. The van der Waals surface area contributed by atoms with Gasteiger partial charge in [0.25, 0.3) is 0 Å². The van der Waals surface area contributed by atoms with Crippen LogP contribution < -0.4 is 0 Å². The Morgan fingerprint density at radius 1 is 0.489 bits per heavy atom. The number of hydrogen-bond acceptors (Lipinski definition) is 0. The standard InChI is InChI=1S/2C19H19.C6H10.2ClH.Hf/c2*1-19(2,3)16-12-15-10-7-11-17(18(15)13-16)14-8-5-4-6-9-14;1-2-4-6-5-3-1;;;/h2*4-13H,1-3H3;1-2H,3-6H2;2*1H;. The van der Waals surface area contributed by atoms with Crippen molar-refractivity contribution in [2.75, 3.05) is 0 Å². The molecule has 4 unspecified atom stereocenters. The average molecular weight is 828 g/mol. The summed E-state index contributed by atoms with van der Waals surface area (Å²) in [5, 5.41) is 0. The molecule has 0 radical (unpaired) electrons. The molecule has 47 heavy (non-hydrogen) atoms. The first-order chi connectivity index (χ1) is 21.6. The van der Waals surface area contributed by atoms with Gasteiger partial charge < -0.3 is 0 Å². The van der Waals surface area contributed by atoms with Crippen molar-refractivity contribution in [3.05, 3.63) is 130 Å². The Morgan fingerprint density at radius 3 is 1.23 bits per heavy atom. The van der Waals surface area contributed by atoms with Crippen molar-refractivity contribution in [3.8, 4) is 22.3 Å². The minimum absolute atomic E-state index is 0. The number of benzene rings is 4. The molecule has 1 saturated carbocycles. The molecule has 0 spiro atoms. The van der Waals surface area contributed by atoms with E-state index in [9.17, 15) is 0 Å². The van der Waals surface area contributed by atoms with E-state index in [2.05, 4.69) is 151 Å². The van der Waals surface area contributed by atoms with Crippen LogP contribution in [0.3, 0.4) is 0 Å². The van der Waals surface area contributed by atoms with E-state index in [4.69, 9.17) is 0 Å². The van der Waals surface area contributed by atoms with Gasteiger partial charge in [-0.15, -0.1) is 24.8 Å². The summed E-state index contributed by atoms with van der Waals surface area (Å²) in [6.07, 6.45) is 11.2. The summed E-state index contributed by atoms with van der Waals surface area (Å²) in [7, 11) is 0. The first-order valence-corrected chi connectivity index (χ1v) is 25.7. The van der Waals surface area contributed by atoms with Crippen LogP contribution in [0.2, 0.25) is 7.35 Å². The van der Waals surface area contributed by atoms with E-state index in [-0.39, 0.29) is 35.6 Å². The molecule has 8 rings (SSSR count). The van der Waals surface area contributed by atoms with Crippen LogP contribution in [-0.4, -0.2) is 0 Å². The van der Waals surface area contributed by atoms with E-state index >= 15 is 0 Å². The SMILES string of the molecule is CC(C)(C)C1=Cc2c(-c3ccccc3)cccc2[CH]1[Hf]1([CH]2C(C(C)(C)C)=Cc3c(-c4ccccc4)cccc32)[CH]2CCCC[CH]21.Cl.Cl. The van der Waals surface area contributed by atoms with Gasteiger partial charge >= 0.3 is 278 Å². The van der Waals surface area contributed by atoms with Gasteiger partial charge in [0.1, 0.15) is 0 Å². The predicted molar refractivity (Wildman–Crippen MR) is 205 cm³/mol. The van der Waals surface area contributed by atoms with E-state index in [0.29, 0.717) is 7.35 Å². The second kappa shape index (κ2) is 12.6. The number of halogens is 2. The maximum Gasteiger partial charge on any atom is -0.147 e. The van der Waals surface area contributed by atoms with Crippen LogP contribution in [0, 0.1) is 10.8 Å². The van der Waals surface area contributed by atoms with Crippen LogP contribution in [0.5, 0.6) is 0 Å². The van der Waals surface area contributed by atoms with Crippen molar-refractivity contribution in [3.63, 3.8) is 0 Å². The maximum atomic E-state index is 2.70. The van der Waals surface area contributed by atoms with Gasteiger partial charge in [0.05, 0.1) is 0 Å². The average Bonchev–Trinajstić information content (AvgIpc) is 3.31. The molecule has 4 aromatic rings. The Hall–Kier alpha value is -2.19. The zero-order chi connectivity index (χ0) is 31.1. The van der Waals surface area contributed by atoms with Gasteiger partial charge in [0.15, 0.2) is 0 Å². The summed E-state index contributed by atoms with van der Waals surface area (Å²) in [4.78, 5) is 0. The zero-order valence-corrected chi connectivity index (χ0v) is 34.1. The van der Waals surface area contributed by atoms with Gasteiger partial charge in [0, 0.05) is 0 Å². The number of fused-ring (bicyclic) bond motifs is 3. The molecule has 1 saturated heterocycles. The Labute approximate surface area is 300 Å². The summed E-state index contributed by atoms with van der Waals surface area (Å²) in [6, 6.07) is 37.0. The zero-order valence-electron chi connectivity index (χ0n) is 28.8. The Kier molecular flexibility index (Phi) is 9.30. The van der Waals surface area contributed by atoms with Gasteiger partial charge in [0.2, 0.25) is 0 Å². The quantitative estimate of drug-likeness (QED) is 0.180. The van der Waals surface area contributed by atoms with E-state index in [1.54, 1.807) is 22.3 Å². The normalized spacial score (nSPS) is 25.7. The molecule has 4 aliphatic rings. The number of hydrogen-bond donors (Lipinski definition) is 0. The van der Waals surface area contributed by atoms with E-state index in [1.807, 2.05) is 0 Å². The molecule has 1 heterocycles. The molecule has 0 aromatic heterocycles. The minimum atomic E-state index is -3.34. The summed E-state index contributed by atoms with van der Waals surface area (Å²) < 4.78 is 3.25. The van der Waals surface area contributed by atoms with Crippen molar-refractivity contribution in [1.82, 2.24) is 0 Å². The van der Waals surface area contributed by atoms with Gasteiger partial charge in [-0.3, -0.25) is 0 Å². The molecule has 0 bridgehead atoms. The second-order valence-corrected chi connectivity index (χ2v) is 33.1. The smallest absolute Gasteiger partial charge is 0.147 e. The van der Waals surface area contributed by atoms with Crippen molar-refractivity contribution in [1.29, 1.82) is 0 Å². The van der Waals surface area contributed by atoms with Crippen molar-refractivity contribution < 1.29 is 20.0 Å². The number of allylic oxidation sites excluding steroid dienone is 2. The van der Waals surface area contributed by atoms with Crippen molar-refractivity contribution >= 4 is 37.0 Å². The summed E-state index contributed by atoms with van der Waals surface area (Å²) >= 11 is -3.34. The molecule has 4 aromatic carbocycles. The second-order valence-electron chi connectivity index (χ2n) is 16.4. The van der Waals surface area contributed by atoms with Crippen LogP contribution >= 0.6 is 24.8 Å².